The van der Waals surface area contributed by atoms with Gasteiger partial charge in [0.1, 0.15) is 5.69 Å². The first-order valence-corrected chi connectivity index (χ1v) is 27.2. The van der Waals surface area contributed by atoms with E-state index in [2.05, 4.69) is 117 Å². The third-order valence-corrected chi connectivity index (χ3v) is 14.0. The number of aliphatic hydroxyl groups is 1. The van der Waals surface area contributed by atoms with Crippen LogP contribution in [0.25, 0.3) is 0 Å². The summed E-state index contributed by atoms with van der Waals surface area (Å²) in [6, 6.07) is 42.6. The van der Waals surface area contributed by atoms with Crippen LogP contribution in [-0.4, -0.2) is 41.5 Å². The molecule has 0 fully saturated rings. The van der Waals surface area contributed by atoms with Gasteiger partial charge in [0.05, 0.1) is 46.7 Å². The van der Waals surface area contributed by atoms with E-state index in [9.17, 15) is 9.90 Å². The first kappa shape index (κ1) is 63.1. The maximum atomic E-state index is 11.2. The number of nitrogens with zero attached hydrogens (tertiary/aromatic N) is 6. The molecular weight excluding hydrogens is 1000 g/mol. The minimum absolute atomic E-state index is 0. The van der Waals surface area contributed by atoms with Gasteiger partial charge in [-0.25, -0.2) is 0 Å². The van der Waals surface area contributed by atoms with Gasteiger partial charge in [0.25, 0.3) is 0 Å². The second kappa shape index (κ2) is 33.6. The number of pyridine rings is 5. The van der Waals surface area contributed by atoms with Crippen LogP contribution in [0, 0.1) is 0 Å². The number of aryl methyl sites for hydroxylation is 5. The van der Waals surface area contributed by atoms with Gasteiger partial charge in [0, 0.05) is 49.5 Å². The van der Waals surface area contributed by atoms with Gasteiger partial charge in [-0.15, -0.1) is 0 Å². The number of aromatic nitrogens is 5. The van der Waals surface area contributed by atoms with E-state index >= 15 is 0 Å². The maximum absolute atomic E-state index is 11.2. The van der Waals surface area contributed by atoms with Crippen LogP contribution in [0.1, 0.15) is 203 Å². The molecule has 77 heavy (non-hydrogen) atoms. The second-order valence-electron chi connectivity index (χ2n) is 19.2. The van der Waals surface area contributed by atoms with Gasteiger partial charge in [-0.2, -0.15) is 0 Å². The number of ketones is 1. The van der Waals surface area contributed by atoms with Crippen molar-refractivity contribution in [1.29, 1.82) is 0 Å². The summed E-state index contributed by atoms with van der Waals surface area (Å²) in [7, 11) is 0. The molecule has 2 aromatic carbocycles. The topological polar surface area (TPSA) is 186 Å². The molecule has 0 aliphatic heterocycles. The number of hydrogen-bond donors (Lipinski definition) is 3. The molecule has 5 aliphatic rings. The van der Waals surface area contributed by atoms with Crippen molar-refractivity contribution in [2.45, 2.75) is 163 Å². The molecule has 12 rings (SSSR count). The van der Waals surface area contributed by atoms with Gasteiger partial charge < -0.3 is 16.2 Å². The summed E-state index contributed by atoms with van der Waals surface area (Å²) in [6.45, 7) is 4.38. The van der Waals surface area contributed by atoms with E-state index < -0.39 is 14.8 Å². The summed E-state index contributed by atoms with van der Waals surface area (Å²) in [5.41, 5.74) is 21.1. The number of hydrogen-bond acceptors (Lipinski definition) is 12. The zero-order valence-electron chi connectivity index (χ0n) is 42.7. The summed E-state index contributed by atoms with van der Waals surface area (Å²) >= 11 is -1.44. The fraction of sp³-hybridized carbons (Fsp3) is 0.391. The van der Waals surface area contributed by atoms with E-state index in [0.717, 1.165) is 80.4 Å². The van der Waals surface area contributed by atoms with E-state index in [4.69, 9.17) is 18.4 Å². The van der Waals surface area contributed by atoms with Crippen LogP contribution in [0.5, 0.6) is 0 Å². The molecular formula is C64H82MnN8O4. The van der Waals surface area contributed by atoms with Crippen molar-refractivity contribution in [1.82, 2.24) is 30.2 Å². The van der Waals surface area contributed by atoms with Crippen molar-refractivity contribution >= 4 is 11.5 Å². The Bertz CT molecular complexity index is 2860. The molecule has 0 amide bonds. The average molecular weight is 1080 g/mol. The first-order chi connectivity index (χ1) is 36.2. The fourth-order valence-corrected chi connectivity index (χ4v) is 10.2. The number of Topliss-reactive ketones (excluding diaryl/α,β-unsaturated/α-hetero) is 1. The van der Waals surface area contributed by atoms with Crippen molar-refractivity contribution in [3.05, 3.63) is 220 Å². The number of rotatable bonds is 5. The van der Waals surface area contributed by atoms with Crippen LogP contribution in [0.3, 0.4) is 0 Å². The zero-order chi connectivity index (χ0) is 51.9. The Morgan fingerprint density at radius 1 is 0.519 bits per heavy atom. The molecule has 0 radical (unpaired) electrons. The van der Waals surface area contributed by atoms with Gasteiger partial charge in [0.15, 0.2) is 5.78 Å². The van der Waals surface area contributed by atoms with Gasteiger partial charge in [0.2, 0.25) is 0 Å². The number of aliphatic imine (C=N–C) groups is 1. The molecule has 7 aromatic rings. The Hall–Kier alpha value is -6.47. The molecule has 12 nitrogen and oxygen atoms in total. The predicted octanol–water partition coefficient (Wildman–Crippen LogP) is 13.9. The molecule has 1 unspecified atom stereocenters. The van der Waals surface area contributed by atoms with Crippen LogP contribution < -0.4 is 11.1 Å². The molecule has 0 saturated heterocycles. The normalized spacial score (nSPS) is 18.3. The molecule has 5 heterocycles. The van der Waals surface area contributed by atoms with Crippen molar-refractivity contribution < 1.29 is 32.4 Å². The SMILES string of the molecule is C.C.C.C[C@@H](N=C1CCCc2cccnc21)c1ccccc1.C[C@@H](N[C@@H]1CCCc2cccnc21)c1ccccc1.N[C@@H]1CCCc2cccnc21.O=C1CCCc2cccnc21.OC1CCCc2cccnc21.[O]=[Mn]=[O]. The Kier molecular flexibility index (Phi) is 27.5. The predicted molar refractivity (Wildman–Crippen MR) is 306 cm³/mol. The van der Waals surface area contributed by atoms with Crippen molar-refractivity contribution in [2.24, 2.45) is 10.7 Å². The van der Waals surface area contributed by atoms with Crippen LogP contribution in [-0.2, 0) is 54.6 Å². The van der Waals surface area contributed by atoms with E-state index in [-0.39, 0.29) is 46.3 Å². The van der Waals surface area contributed by atoms with Crippen molar-refractivity contribution in [3.63, 3.8) is 0 Å². The third kappa shape index (κ3) is 18.6. The number of carbonyl (C=O) groups excluding carboxylic acids is 1. The average Bonchev–Trinajstić information content (AvgIpc) is 3.45. The summed E-state index contributed by atoms with van der Waals surface area (Å²) in [6.07, 6.45) is 24.8. The number of aliphatic hydroxyl groups excluding tert-OH is 1. The Morgan fingerprint density at radius 3 is 1.53 bits per heavy atom. The summed E-state index contributed by atoms with van der Waals surface area (Å²) in [4.78, 5) is 37.7. The Morgan fingerprint density at radius 2 is 0.961 bits per heavy atom. The summed E-state index contributed by atoms with van der Waals surface area (Å²) in [5.74, 6) is 0.201. The molecule has 4 N–H and O–H groups in total. The minimum atomic E-state index is -1.44. The third-order valence-electron chi connectivity index (χ3n) is 14.0. The summed E-state index contributed by atoms with van der Waals surface area (Å²) in [5, 5.41) is 13.2. The first-order valence-electron chi connectivity index (χ1n) is 26.2. The molecule has 0 saturated carbocycles. The van der Waals surface area contributed by atoms with Crippen molar-refractivity contribution in [3.8, 4) is 0 Å². The standard InChI is InChI=1S/C17H20N2.C17H18N2.C9H12N2.C9H11NO.C9H9NO.3CH4.Mn.2O/c2*1-13(14-7-3-2-4-8-14)19-16-11-5-9-15-10-6-12-18-17(15)16;10-8-5-1-3-7-4-2-6-11-9(7)8;2*11-8-5-1-3-7-4-2-6-10-9(7)8;;;;;;/h2-4,6-8,10,12-13,16,19H,5,9,11H2,1H3;2-4,6-8,10,12-13H,5,9,11H2,1H3;2,4,6,8H,1,3,5,10H2;2,4,6,8,11H,1,3,5H2;2,4,6H,1,3,5H2;3*1H4;;;/t13-,16-;13-;8-;;;;;;;;/m111......../s1. The fourth-order valence-electron chi connectivity index (χ4n) is 10.2. The van der Waals surface area contributed by atoms with E-state index in [1.165, 1.54) is 76.9 Å². The van der Waals surface area contributed by atoms with Crippen LogP contribution in [0.15, 0.2) is 157 Å². The molecule has 0 bridgehead atoms. The number of nitrogens with two attached hydrogens (primary N) is 1. The molecule has 5 atom stereocenters. The zero-order valence-corrected chi connectivity index (χ0v) is 43.9. The van der Waals surface area contributed by atoms with Gasteiger partial charge in [-0.1, -0.05) is 113 Å². The Balaban J connectivity index is 0.000000207. The number of fused-ring (bicyclic) bond motifs is 5. The quantitative estimate of drug-likeness (QED) is 0.139. The molecule has 5 aliphatic carbocycles. The molecule has 409 valence electrons. The van der Waals surface area contributed by atoms with Gasteiger partial charge >= 0.3 is 22.5 Å². The van der Waals surface area contributed by atoms with Gasteiger partial charge in [-0.05, 0) is 173 Å². The second-order valence-corrected chi connectivity index (χ2v) is 19.4. The molecule has 13 heteroatoms. The van der Waals surface area contributed by atoms with Crippen molar-refractivity contribution in [2.75, 3.05) is 0 Å². The molecule has 5 aromatic heterocycles. The van der Waals surface area contributed by atoms with E-state index in [1.54, 1.807) is 12.4 Å². The van der Waals surface area contributed by atoms with Crippen LogP contribution in [0.2, 0.25) is 0 Å². The monoisotopic (exact) mass is 1080 g/mol. The van der Waals surface area contributed by atoms with Gasteiger partial charge in [-0.3, -0.25) is 34.7 Å². The van der Waals surface area contributed by atoms with Crippen LogP contribution in [0.4, 0.5) is 0 Å². The number of benzene rings is 2. The number of carbonyl (C=O) groups is 1. The van der Waals surface area contributed by atoms with Crippen LogP contribution >= 0.6 is 0 Å². The van der Waals surface area contributed by atoms with E-state index in [1.807, 2.05) is 67.1 Å². The molecule has 0 spiro atoms. The summed E-state index contributed by atoms with van der Waals surface area (Å²) < 4.78 is 16.8. The van der Waals surface area contributed by atoms with E-state index in [0.29, 0.717) is 24.2 Å². The number of nitrogens with one attached hydrogen (secondary N) is 1. The Labute approximate surface area is 465 Å².